The van der Waals surface area contributed by atoms with Crippen LogP contribution in [0.5, 0.6) is 5.75 Å². The Hall–Kier alpha value is -3.25. The monoisotopic (exact) mass is 396 g/mol. The van der Waals surface area contributed by atoms with Crippen molar-refractivity contribution in [1.29, 1.82) is 0 Å². The van der Waals surface area contributed by atoms with Gasteiger partial charge in [0.1, 0.15) is 24.0 Å². The molecule has 0 fully saturated rings. The van der Waals surface area contributed by atoms with E-state index in [1.54, 1.807) is 12.1 Å². The Bertz CT molecular complexity index is 1020. The van der Waals surface area contributed by atoms with Gasteiger partial charge in [-0.1, -0.05) is 48.5 Å². The van der Waals surface area contributed by atoms with Gasteiger partial charge in [0.25, 0.3) is 0 Å². The third-order valence-corrected chi connectivity index (χ3v) is 4.58. The van der Waals surface area contributed by atoms with E-state index in [0.717, 1.165) is 5.56 Å². The molecule has 1 heterocycles. The second-order valence-electron chi connectivity index (χ2n) is 6.65. The molecule has 3 aromatic carbocycles. The highest BCUT2D eigenvalue weighted by Crippen LogP contribution is 2.36. The average molecular weight is 396 g/mol. The summed E-state index contributed by atoms with van der Waals surface area (Å²) >= 11 is 0. The molecule has 0 aromatic heterocycles. The van der Waals surface area contributed by atoms with Gasteiger partial charge in [-0.15, -0.1) is 0 Å². The normalized spacial score (nSPS) is 15.3. The minimum Gasteiger partial charge on any atom is -0.460 e. The SMILES string of the molecule is O=C(Cc1ccccc1F)OCc1cc(F)cc2c1O[C@H](c1ccccc1)OC2. The Labute approximate surface area is 166 Å². The van der Waals surface area contributed by atoms with E-state index in [1.165, 1.54) is 24.3 Å². The largest absolute Gasteiger partial charge is 0.460 e. The third-order valence-electron chi connectivity index (χ3n) is 4.58. The van der Waals surface area contributed by atoms with E-state index in [0.29, 0.717) is 16.9 Å². The summed E-state index contributed by atoms with van der Waals surface area (Å²) in [5, 5.41) is 0. The van der Waals surface area contributed by atoms with Crippen molar-refractivity contribution in [3.8, 4) is 5.75 Å². The van der Waals surface area contributed by atoms with Gasteiger partial charge >= 0.3 is 5.97 Å². The Morgan fingerprint density at radius 3 is 2.55 bits per heavy atom. The van der Waals surface area contributed by atoms with Crippen LogP contribution in [0, 0.1) is 11.6 Å². The van der Waals surface area contributed by atoms with Gasteiger partial charge in [0.2, 0.25) is 6.29 Å². The van der Waals surface area contributed by atoms with Crippen LogP contribution in [0.15, 0.2) is 66.7 Å². The predicted molar refractivity (Wildman–Crippen MR) is 101 cm³/mol. The molecule has 1 aliphatic heterocycles. The number of ether oxygens (including phenoxy) is 3. The lowest BCUT2D eigenvalue weighted by molar-refractivity contribution is -0.144. The van der Waals surface area contributed by atoms with Gasteiger partial charge in [0, 0.05) is 16.7 Å². The van der Waals surface area contributed by atoms with Crippen LogP contribution in [0.1, 0.15) is 28.5 Å². The van der Waals surface area contributed by atoms with Crippen molar-refractivity contribution in [2.75, 3.05) is 0 Å². The summed E-state index contributed by atoms with van der Waals surface area (Å²) < 4.78 is 44.6. The number of esters is 1. The van der Waals surface area contributed by atoms with Gasteiger partial charge in [0.15, 0.2) is 0 Å². The first-order chi connectivity index (χ1) is 14.1. The average Bonchev–Trinajstić information content (AvgIpc) is 2.74. The van der Waals surface area contributed by atoms with E-state index in [2.05, 4.69) is 0 Å². The molecule has 0 spiro atoms. The van der Waals surface area contributed by atoms with E-state index < -0.39 is 23.9 Å². The smallest absolute Gasteiger partial charge is 0.310 e. The number of carbonyl (C=O) groups is 1. The van der Waals surface area contributed by atoms with Crippen molar-refractivity contribution in [2.45, 2.75) is 25.9 Å². The topological polar surface area (TPSA) is 44.8 Å². The summed E-state index contributed by atoms with van der Waals surface area (Å²) in [6, 6.07) is 18.0. The number of halogens is 2. The van der Waals surface area contributed by atoms with E-state index in [9.17, 15) is 13.6 Å². The molecule has 0 aliphatic carbocycles. The first kappa shape index (κ1) is 19.1. The van der Waals surface area contributed by atoms with E-state index in [4.69, 9.17) is 14.2 Å². The van der Waals surface area contributed by atoms with Gasteiger partial charge in [-0.3, -0.25) is 4.79 Å². The first-order valence-corrected chi connectivity index (χ1v) is 9.13. The molecule has 3 aromatic rings. The van der Waals surface area contributed by atoms with Crippen molar-refractivity contribution >= 4 is 5.97 Å². The Morgan fingerprint density at radius 1 is 1.00 bits per heavy atom. The van der Waals surface area contributed by atoms with Crippen molar-refractivity contribution in [2.24, 2.45) is 0 Å². The first-order valence-electron chi connectivity index (χ1n) is 9.13. The van der Waals surface area contributed by atoms with Crippen molar-refractivity contribution in [3.05, 3.63) is 101 Å². The second kappa shape index (κ2) is 8.41. The minimum atomic E-state index is -0.637. The van der Waals surface area contributed by atoms with Crippen molar-refractivity contribution in [1.82, 2.24) is 0 Å². The maximum atomic E-state index is 14.0. The molecule has 0 N–H and O–H groups in total. The number of rotatable bonds is 5. The van der Waals surface area contributed by atoms with Crippen LogP contribution in [0.4, 0.5) is 8.78 Å². The molecule has 29 heavy (non-hydrogen) atoms. The van der Waals surface area contributed by atoms with Gasteiger partial charge in [0.05, 0.1) is 13.0 Å². The summed E-state index contributed by atoms with van der Waals surface area (Å²) in [5.74, 6) is -1.13. The lowest BCUT2D eigenvalue weighted by Crippen LogP contribution is -2.20. The van der Waals surface area contributed by atoms with Crippen LogP contribution in [0.3, 0.4) is 0 Å². The van der Waals surface area contributed by atoms with Gasteiger partial charge in [-0.2, -0.15) is 0 Å². The number of hydrogen-bond donors (Lipinski definition) is 0. The van der Waals surface area contributed by atoms with Crippen molar-refractivity contribution in [3.63, 3.8) is 0 Å². The Balaban J connectivity index is 1.49. The Kier molecular flexibility index (Phi) is 5.53. The van der Waals surface area contributed by atoms with Crippen LogP contribution in [0.25, 0.3) is 0 Å². The predicted octanol–water partition coefficient (Wildman–Crippen LogP) is 4.86. The standard InChI is InChI=1S/C23H18F2O4/c24-19-10-17(13-27-21(26)12-16-8-4-5-9-20(16)25)22-18(11-19)14-28-23(29-22)15-6-2-1-3-7-15/h1-11,23H,12-14H2/t23-/m1/s1. The fraction of sp³-hybridized carbons (Fsp3) is 0.174. The van der Waals surface area contributed by atoms with Gasteiger partial charge < -0.3 is 14.2 Å². The molecule has 0 bridgehead atoms. The molecule has 0 saturated carbocycles. The fourth-order valence-corrected chi connectivity index (χ4v) is 3.17. The maximum Gasteiger partial charge on any atom is 0.310 e. The van der Waals surface area contributed by atoms with Crippen LogP contribution in [-0.4, -0.2) is 5.97 Å². The third kappa shape index (κ3) is 4.43. The lowest BCUT2D eigenvalue weighted by Gasteiger charge is -2.28. The molecule has 1 aliphatic rings. The molecule has 6 heteroatoms. The summed E-state index contributed by atoms with van der Waals surface area (Å²) in [7, 11) is 0. The Morgan fingerprint density at radius 2 is 1.76 bits per heavy atom. The molecule has 1 atom stereocenters. The molecular formula is C23H18F2O4. The number of benzene rings is 3. The molecule has 4 rings (SSSR count). The molecule has 148 valence electrons. The highest BCUT2D eigenvalue weighted by atomic mass is 19.1. The molecule has 0 unspecified atom stereocenters. The second-order valence-corrected chi connectivity index (χ2v) is 6.65. The number of carbonyl (C=O) groups excluding carboxylic acids is 1. The van der Waals surface area contributed by atoms with Gasteiger partial charge in [-0.05, 0) is 23.8 Å². The van der Waals surface area contributed by atoms with Crippen LogP contribution < -0.4 is 4.74 Å². The zero-order valence-corrected chi connectivity index (χ0v) is 15.4. The summed E-state index contributed by atoms with van der Waals surface area (Å²) in [6.45, 7) is -0.0162. The minimum absolute atomic E-state index is 0.169. The number of hydrogen-bond acceptors (Lipinski definition) is 4. The maximum absolute atomic E-state index is 14.0. The zero-order valence-electron chi connectivity index (χ0n) is 15.4. The highest BCUT2D eigenvalue weighted by Gasteiger charge is 2.25. The molecule has 4 nitrogen and oxygen atoms in total. The summed E-state index contributed by atoms with van der Waals surface area (Å²) in [4.78, 5) is 12.1. The quantitative estimate of drug-likeness (QED) is 0.578. The van der Waals surface area contributed by atoms with Gasteiger partial charge in [-0.25, -0.2) is 8.78 Å². The summed E-state index contributed by atoms with van der Waals surface area (Å²) in [6.07, 6.45) is -0.845. The van der Waals surface area contributed by atoms with Crippen LogP contribution in [0.2, 0.25) is 0 Å². The molecule has 0 amide bonds. The summed E-state index contributed by atoms with van der Waals surface area (Å²) in [5.41, 5.74) is 2.00. The lowest BCUT2D eigenvalue weighted by atomic mass is 10.1. The number of fused-ring (bicyclic) bond motifs is 1. The highest BCUT2D eigenvalue weighted by molar-refractivity contribution is 5.72. The van der Waals surface area contributed by atoms with Crippen molar-refractivity contribution < 1.29 is 27.8 Å². The fourth-order valence-electron chi connectivity index (χ4n) is 3.17. The van der Waals surface area contributed by atoms with E-state index in [1.807, 2.05) is 30.3 Å². The van der Waals surface area contributed by atoms with E-state index in [-0.39, 0.29) is 25.2 Å². The van der Waals surface area contributed by atoms with Crippen LogP contribution >= 0.6 is 0 Å². The van der Waals surface area contributed by atoms with Crippen LogP contribution in [-0.2, 0) is 33.9 Å². The molecule has 0 saturated heterocycles. The zero-order chi connectivity index (χ0) is 20.2. The van der Waals surface area contributed by atoms with E-state index >= 15 is 0 Å². The molecular weight excluding hydrogens is 378 g/mol. The molecule has 0 radical (unpaired) electrons.